The number of alkyl halides is 2. The summed E-state index contributed by atoms with van der Waals surface area (Å²) in [4.78, 5) is 11.1. The van der Waals surface area contributed by atoms with Crippen LogP contribution in [0.25, 0.3) is 0 Å². The summed E-state index contributed by atoms with van der Waals surface area (Å²) in [6.45, 7) is 3.45. The van der Waals surface area contributed by atoms with E-state index < -0.39 is 23.7 Å². The van der Waals surface area contributed by atoms with Crippen molar-refractivity contribution in [3.05, 3.63) is 0 Å². The number of ether oxygens (including phenoxy) is 1. The SMILES string of the molecule is CCOC(=O)[C@]1(C)C[C@H]1C(F)F. The second-order valence-electron chi connectivity index (χ2n) is 3.28. The van der Waals surface area contributed by atoms with Gasteiger partial charge in [0.05, 0.1) is 12.0 Å². The predicted molar refractivity (Wildman–Crippen MR) is 38.9 cm³/mol. The molecule has 0 aliphatic heterocycles. The lowest BCUT2D eigenvalue weighted by Crippen LogP contribution is -2.20. The Morgan fingerprint density at radius 2 is 2.33 bits per heavy atom. The van der Waals surface area contributed by atoms with E-state index in [9.17, 15) is 13.6 Å². The molecule has 0 spiro atoms. The Bertz CT molecular complexity index is 193. The van der Waals surface area contributed by atoms with Crippen LogP contribution < -0.4 is 0 Å². The van der Waals surface area contributed by atoms with Crippen LogP contribution in [0.15, 0.2) is 0 Å². The summed E-state index contributed by atoms with van der Waals surface area (Å²) in [6, 6.07) is 0. The average Bonchev–Trinajstić information content (AvgIpc) is 2.65. The van der Waals surface area contributed by atoms with Gasteiger partial charge in [0.25, 0.3) is 0 Å². The van der Waals surface area contributed by atoms with Crippen molar-refractivity contribution < 1.29 is 18.3 Å². The normalized spacial score (nSPS) is 33.6. The number of carbonyl (C=O) groups is 1. The zero-order valence-corrected chi connectivity index (χ0v) is 7.14. The minimum atomic E-state index is -2.40. The van der Waals surface area contributed by atoms with E-state index in [4.69, 9.17) is 0 Å². The van der Waals surface area contributed by atoms with Gasteiger partial charge in [0, 0.05) is 5.92 Å². The van der Waals surface area contributed by atoms with Gasteiger partial charge in [-0.25, -0.2) is 8.78 Å². The number of carbonyl (C=O) groups excluding carboxylic acids is 1. The molecule has 0 bridgehead atoms. The third kappa shape index (κ3) is 1.42. The molecule has 0 unspecified atom stereocenters. The largest absolute Gasteiger partial charge is 0.466 e. The molecular weight excluding hydrogens is 166 g/mol. The zero-order valence-electron chi connectivity index (χ0n) is 7.14. The van der Waals surface area contributed by atoms with Crippen LogP contribution in [0.5, 0.6) is 0 Å². The number of hydrogen-bond donors (Lipinski definition) is 0. The molecule has 0 heterocycles. The molecule has 0 amide bonds. The Hall–Kier alpha value is -0.670. The second kappa shape index (κ2) is 2.99. The third-order valence-corrected chi connectivity index (χ3v) is 2.35. The molecule has 0 saturated heterocycles. The lowest BCUT2D eigenvalue weighted by atomic mass is 10.1. The van der Waals surface area contributed by atoms with Crippen LogP contribution in [-0.4, -0.2) is 19.0 Å². The summed E-state index contributed by atoms with van der Waals surface area (Å²) in [5.41, 5.74) is -0.913. The van der Waals surface area contributed by atoms with Gasteiger partial charge in [-0.1, -0.05) is 0 Å². The average molecular weight is 178 g/mol. The van der Waals surface area contributed by atoms with E-state index in [1.165, 1.54) is 6.92 Å². The maximum atomic E-state index is 12.1. The van der Waals surface area contributed by atoms with Gasteiger partial charge < -0.3 is 4.74 Å². The molecule has 0 radical (unpaired) electrons. The van der Waals surface area contributed by atoms with Gasteiger partial charge in [0.1, 0.15) is 0 Å². The number of esters is 1. The standard InChI is InChI=1S/C8H12F2O2/c1-3-12-7(11)8(2)4-5(8)6(9)10/h5-6H,3-4H2,1-2H3/t5-,8+/m0/s1. The smallest absolute Gasteiger partial charge is 0.312 e. The third-order valence-electron chi connectivity index (χ3n) is 2.35. The summed E-state index contributed by atoms with van der Waals surface area (Å²) in [7, 11) is 0. The van der Waals surface area contributed by atoms with Crippen molar-refractivity contribution in [3.8, 4) is 0 Å². The molecule has 1 aliphatic rings. The van der Waals surface area contributed by atoms with Crippen molar-refractivity contribution >= 4 is 5.97 Å². The van der Waals surface area contributed by atoms with Gasteiger partial charge in [-0.05, 0) is 20.3 Å². The van der Waals surface area contributed by atoms with Gasteiger partial charge in [-0.3, -0.25) is 4.79 Å². The van der Waals surface area contributed by atoms with E-state index >= 15 is 0 Å². The van der Waals surface area contributed by atoms with Gasteiger partial charge in [0.15, 0.2) is 0 Å². The number of rotatable bonds is 3. The van der Waals surface area contributed by atoms with E-state index in [-0.39, 0.29) is 13.0 Å². The van der Waals surface area contributed by atoms with E-state index in [1.807, 2.05) is 0 Å². The van der Waals surface area contributed by atoms with Gasteiger partial charge in [-0.2, -0.15) is 0 Å². The summed E-state index contributed by atoms with van der Waals surface area (Å²) in [6.07, 6.45) is -2.15. The summed E-state index contributed by atoms with van der Waals surface area (Å²) < 4.78 is 28.9. The molecule has 2 nitrogen and oxygen atoms in total. The first-order valence-electron chi connectivity index (χ1n) is 3.97. The van der Waals surface area contributed by atoms with Crippen molar-refractivity contribution in [2.45, 2.75) is 26.7 Å². The summed E-state index contributed by atoms with van der Waals surface area (Å²) in [5, 5.41) is 0. The van der Waals surface area contributed by atoms with Crippen molar-refractivity contribution in [2.24, 2.45) is 11.3 Å². The van der Waals surface area contributed by atoms with Crippen LogP contribution in [0, 0.1) is 11.3 Å². The molecule has 1 saturated carbocycles. The molecule has 12 heavy (non-hydrogen) atoms. The lowest BCUT2D eigenvalue weighted by molar-refractivity contribution is -0.150. The lowest BCUT2D eigenvalue weighted by Gasteiger charge is -2.08. The first-order valence-corrected chi connectivity index (χ1v) is 3.97. The minimum Gasteiger partial charge on any atom is -0.466 e. The second-order valence-corrected chi connectivity index (χ2v) is 3.28. The molecule has 2 atom stereocenters. The molecule has 0 aromatic heterocycles. The fourth-order valence-electron chi connectivity index (χ4n) is 1.30. The number of hydrogen-bond acceptors (Lipinski definition) is 2. The summed E-state index contributed by atoms with van der Waals surface area (Å²) >= 11 is 0. The maximum Gasteiger partial charge on any atom is 0.312 e. The first-order chi connectivity index (χ1) is 5.52. The predicted octanol–water partition coefficient (Wildman–Crippen LogP) is 1.84. The van der Waals surface area contributed by atoms with Crippen LogP contribution >= 0.6 is 0 Å². The van der Waals surface area contributed by atoms with Crippen molar-refractivity contribution in [1.29, 1.82) is 0 Å². The first kappa shape index (κ1) is 9.42. The molecule has 4 heteroatoms. The minimum absolute atomic E-state index is 0.253. The van der Waals surface area contributed by atoms with Gasteiger partial charge in [-0.15, -0.1) is 0 Å². The fraction of sp³-hybridized carbons (Fsp3) is 0.875. The highest BCUT2D eigenvalue weighted by Gasteiger charge is 2.61. The highest BCUT2D eigenvalue weighted by Crippen LogP contribution is 2.56. The molecule has 0 aromatic carbocycles. The summed E-state index contributed by atoms with van der Waals surface area (Å²) in [5.74, 6) is -1.29. The van der Waals surface area contributed by atoms with Crippen LogP contribution in [0.4, 0.5) is 8.78 Å². The Morgan fingerprint density at radius 1 is 1.75 bits per heavy atom. The molecule has 1 rings (SSSR count). The van der Waals surface area contributed by atoms with E-state index in [0.29, 0.717) is 0 Å². The Kier molecular flexibility index (Phi) is 2.35. The molecular formula is C8H12F2O2. The van der Waals surface area contributed by atoms with Gasteiger partial charge in [0.2, 0.25) is 6.43 Å². The monoisotopic (exact) mass is 178 g/mol. The fourth-order valence-corrected chi connectivity index (χ4v) is 1.30. The maximum absolute atomic E-state index is 12.1. The van der Waals surface area contributed by atoms with Crippen molar-refractivity contribution in [3.63, 3.8) is 0 Å². The van der Waals surface area contributed by atoms with Crippen molar-refractivity contribution in [1.82, 2.24) is 0 Å². The van der Waals surface area contributed by atoms with Crippen LogP contribution in [0.2, 0.25) is 0 Å². The van der Waals surface area contributed by atoms with E-state index in [2.05, 4.69) is 4.74 Å². The van der Waals surface area contributed by atoms with Crippen LogP contribution in [-0.2, 0) is 9.53 Å². The highest BCUT2D eigenvalue weighted by atomic mass is 19.3. The number of halogens is 2. The van der Waals surface area contributed by atoms with Crippen LogP contribution in [0.1, 0.15) is 20.3 Å². The quantitative estimate of drug-likeness (QED) is 0.616. The molecule has 70 valence electrons. The van der Waals surface area contributed by atoms with Crippen LogP contribution in [0.3, 0.4) is 0 Å². The van der Waals surface area contributed by atoms with Gasteiger partial charge >= 0.3 is 5.97 Å². The molecule has 1 aliphatic carbocycles. The Balaban J connectivity index is 2.49. The topological polar surface area (TPSA) is 26.3 Å². The molecule has 0 aromatic rings. The van der Waals surface area contributed by atoms with E-state index in [0.717, 1.165) is 0 Å². The highest BCUT2D eigenvalue weighted by molar-refractivity contribution is 5.80. The van der Waals surface area contributed by atoms with E-state index in [1.54, 1.807) is 6.92 Å². The molecule has 0 N–H and O–H groups in total. The zero-order chi connectivity index (χ0) is 9.35. The Labute approximate surface area is 69.9 Å². The molecule has 1 fully saturated rings. The Morgan fingerprint density at radius 3 is 2.67 bits per heavy atom. The van der Waals surface area contributed by atoms with Crippen molar-refractivity contribution in [2.75, 3.05) is 6.61 Å².